The van der Waals surface area contributed by atoms with E-state index in [9.17, 15) is 4.79 Å². The Morgan fingerprint density at radius 3 is 2.29 bits per heavy atom. The van der Waals surface area contributed by atoms with Gasteiger partial charge in [0.2, 0.25) is 5.91 Å². The highest BCUT2D eigenvalue weighted by Gasteiger charge is 2.34. The summed E-state index contributed by atoms with van der Waals surface area (Å²) >= 11 is 7.58. The quantitative estimate of drug-likeness (QED) is 0.490. The highest BCUT2D eigenvalue weighted by atomic mass is 35.5. The monoisotopic (exact) mass is 409 g/mol. The van der Waals surface area contributed by atoms with E-state index in [0.29, 0.717) is 16.5 Å². The van der Waals surface area contributed by atoms with Gasteiger partial charge >= 0.3 is 0 Å². The lowest BCUT2D eigenvalue weighted by Crippen LogP contribution is -2.28. The van der Waals surface area contributed by atoms with Crippen molar-refractivity contribution >= 4 is 35.0 Å². The number of ether oxygens (including phenoxy) is 1. The molecule has 4 rings (SSSR count). The molecule has 1 heterocycles. The van der Waals surface area contributed by atoms with Gasteiger partial charge in [-0.25, -0.2) is 0 Å². The molecule has 3 aromatic carbocycles. The summed E-state index contributed by atoms with van der Waals surface area (Å²) in [4.78, 5) is 14.5. The van der Waals surface area contributed by atoms with E-state index in [1.165, 1.54) is 16.7 Å². The largest absolute Gasteiger partial charge is 0.457 e. The van der Waals surface area contributed by atoms with Crippen LogP contribution in [0.4, 0.5) is 5.69 Å². The van der Waals surface area contributed by atoms with Gasteiger partial charge in [-0.2, -0.15) is 0 Å². The topological polar surface area (TPSA) is 29.5 Å². The molecule has 3 aromatic rings. The van der Waals surface area contributed by atoms with Gasteiger partial charge in [-0.15, -0.1) is 11.8 Å². The summed E-state index contributed by atoms with van der Waals surface area (Å²) in [6.07, 6.45) is 0. The summed E-state index contributed by atoms with van der Waals surface area (Å²) in [5, 5.41) is 0.667. The van der Waals surface area contributed by atoms with Crippen LogP contribution < -0.4 is 9.64 Å². The zero-order valence-corrected chi connectivity index (χ0v) is 17.3. The van der Waals surface area contributed by atoms with Gasteiger partial charge in [-0.3, -0.25) is 9.69 Å². The summed E-state index contributed by atoms with van der Waals surface area (Å²) in [6.45, 7) is 4.22. The zero-order valence-electron chi connectivity index (χ0n) is 15.7. The molecule has 0 spiro atoms. The van der Waals surface area contributed by atoms with Crippen molar-refractivity contribution in [1.29, 1.82) is 0 Å². The Balaban J connectivity index is 1.59. The maximum absolute atomic E-state index is 12.6. The van der Waals surface area contributed by atoms with Gasteiger partial charge in [-0.05, 0) is 79.1 Å². The molecule has 3 nitrogen and oxygen atoms in total. The lowest BCUT2D eigenvalue weighted by Gasteiger charge is -2.26. The van der Waals surface area contributed by atoms with Crippen LogP contribution in [0.25, 0.3) is 0 Å². The fourth-order valence-electron chi connectivity index (χ4n) is 3.29. The van der Waals surface area contributed by atoms with E-state index in [1.54, 1.807) is 23.9 Å². The summed E-state index contributed by atoms with van der Waals surface area (Å²) < 4.78 is 5.86. The summed E-state index contributed by atoms with van der Waals surface area (Å²) in [6, 6.07) is 21.2. The molecule has 1 saturated heterocycles. The fourth-order valence-corrected chi connectivity index (χ4v) is 4.68. The van der Waals surface area contributed by atoms with Crippen molar-refractivity contribution in [3.63, 3.8) is 0 Å². The van der Waals surface area contributed by atoms with Gasteiger partial charge < -0.3 is 4.74 Å². The van der Waals surface area contributed by atoms with Crippen LogP contribution in [0.2, 0.25) is 5.02 Å². The second-order valence-electron chi connectivity index (χ2n) is 6.77. The van der Waals surface area contributed by atoms with E-state index >= 15 is 0 Å². The predicted octanol–water partition coefficient (Wildman–Crippen LogP) is 6.53. The van der Waals surface area contributed by atoms with Crippen molar-refractivity contribution in [2.24, 2.45) is 0 Å². The molecule has 5 heteroatoms. The van der Waals surface area contributed by atoms with Crippen LogP contribution in [0, 0.1) is 13.8 Å². The summed E-state index contributed by atoms with van der Waals surface area (Å²) in [7, 11) is 0. The van der Waals surface area contributed by atoms with Crippen molar-refractivity contribution in [2.45, 2.75) is 19.2 Å². The predicted molar refractivity (Wildman–Crippen MR) is 117 cm³/mol. The molecule has 1 amide bonds. The van der Waals surface area contributed by atoms with Crippen molar-refractivity contribution in [1.82, 2.24) is 0 Å². The number of nitrogens with zero attached hydrogens (tertiary/aromatic N) is 1. The van der Waals surface area contributed by atoms with Crippen LogP contribution in [0.15, 0.2) is 66.7 Å². The minimum atomic E-state index is -0.00423. The number of hydrogen-bond acceptors (Lipinski definition) is 3. The Hall–Kier alpha value is -2.43. The average molecular weight is 410 g/mol. The first-order chi connectivity index (χ1) is 13.5. The van der Waals surface area contributed by atoms with Crippen LogP contribution >= 0.6 is 23.4 Å². The third kappa shape index (κ3) is 3.75. The molecule has 0 saturated carbocycles. The number of thioether (sulfide) groups is 1. The standard InChI is InChI=1S/C23H20ClNO2S/c1-15-4-3-5-21(16(15)2)23-25(22(26)14-28-23)18-8-12-20(13-9-18)27-19-10-6-17(24)7-11-19/h3-13,23H,14H2,1-2H3. The molecule has 1 aliphatic rings. The van der Waals surface area contributed by atoms with Crippen molar-refractivity contribution in [3.05, 3.63) is 88.4 Å². The molecule has 0 bridgehead atoms. The lowest BCUT2D eigenvalue weighted by molar-refractivity contribution is -0.115. The van der Waals surface area contributed by atoms with Gasteiger partial charge in [0.15, 0.2) is 0 Å². The van der Waals surface area contributed by atoms with Crippen LogP contribution in [0.3, 0.4) is 0 Å². The van der Waals surface area contributed by atoms with Crippen LogP contribution in [-0.2, 0) is 4.79 Å². The van der Waals surface area contributed by atoms with E-state index in [0.717, 1.165) is 11.4 Å². The molecule has 1 aliphatic heterocycles. The highest BCUT2D eigenvalue weighted by Crippen LogP contribution is 2.43. The molecule has 28 heavy (non-hydrogen) atoms. The number of carbonyl (C=O) groups is 1. The first-order valence-electron chi connectivity index (χ1n) is 9.06. The minimum absolute atomic E-state index is 0.00423. The second kappa shape index (κ2) is 7.90. The van der Waals surface area contributed by atoms with Gasteiger partial charge in [0.25, 0.3) is 0 Å². The number of halogens is 1. The first-order valence-corrected chi connectivity index (χ1v) is 10.5. The van der Waals surface area contributed by atoms with E-state index in [-0.39, 0.29) is 11.3 Å². The molecule has 1 unspecified atom stereocenters. The molecule has 0 radical (unpaired) electrons. The van der Waals surface area contributed by atoms with E-state index in [4.69, 9.17) is 16.3 Å². The fraction of sp³-hybridized carbons (Fsp3) is 0.174. The Morgan fingerprint density at radius 1 is 0.964 bits per heavy atom. The molecule has 1 atom stereocenters. The summed E-state index contributed by atoms with van der Waals surface area (Å²) in [5.41, 5.74) is 4.55. The number of carbonyl (C=O) groups excluding carboxylic acids is 1. The number of rotatable bonds is 4. The highest BCUT2D eigenvalue weighted by molar-refractivity contribution is 8.00. The molecular formula is C23H20ClNO2S. The normalized spacial score (nSPS) is 16.5. The molecule has 0 aromatic heterocycles. The van der Waals surface area contributed by atoms with E-state index < -0.39 is 0 Å². The van der Waals surface area contributed by atoms with Crippen molar-refractivity contribution < 1.29 is 9.53 Å². The van der Waals surface area contributed by atoms with Crippen LogP contribution in [-0.4, -0.2) is 11.7 Å². The molecule has 0 N–H and O–H groups in total. The Bertz CT molecular complexity index is 1000. The first kappa shape index (κ1) is 18.9. The minimum Gasteiger partial charge on any atom is -0.457 e. The summed E-state index contributed by atoms with van der Waals surface area (Å²) in [5.74, 6) is 2.05. The average Bonchev–Trinajstić information content (AvgIpc) is 3.08. The van der Waals surface area contributed by atoms with E-state index in [1.807, 2.05) is 41.3 Å². The third-order valence-electron chi connectivity index (χ3n) is 4.94. The number of benzene rings is 3. The van der Waals surface area contributed by atoms with Gasteiger partial charge in [0, 0.05) is 10.7 Å². The maximum atomic E-state index is 12.6. The van der Waals surface area contributed by atoms with Crippen LogP contribution in [0.5, 0.6) is 11.5 Å². The smallest absolute Gasteiger partial charge is 0.238 e. The Kier molecular flexibility index (Phi) is 5.33. The number of hydrogen-bond donors (Lipinski definition) is 0. The molecule has 0 aliphatic carbocycles. The van der Waals surface area contributed by atoms with Gasteiger partial charge in [0.1, 0.15) is 16.9 Å². The van der Waals surface area contributed by atoms with Gasteiger partial charge in [-0.1, -0.05) is 29.8 Å². The maximum Gasteiger partial charge on any atom is 0.238 e. The number of amides is 1. The van der Waals surface area contributed by atoms with Gasteiger partial charge in [0.05, 0.1) is 5.75 Å². The molecule has 1 fully saturated rings. The number of anilines is 1. The molecular weight excluding hydrogens is 390 g/mol. The van der Waals surface area contributed by atoms with Crippen LogP contribution in [0.1, 0.15) is 22.1 Å². The molecule has 142 valence electrons. The van der Waals surface area contributed by atoms with Crippen molar-refractivity contribution in [3.8, 4) is 11.5 Å². The second-order valence-corrected chi connectivity index (χ2v) is 8.27. The number of aryl methyl sites for hydroxylation is 1. The van der Waals surface area contributed by atoms with E-state index in [2.05, 4.69) is 32.0 Å². The Labute approximate surface area is 174 Å². The Morgan fingerprint density at radius 2 is 1.61 bits per heavy atom. The lowest BCUT2D eigenvalue weighted by atomic mass is 10.0. The SMILES string of the molecule is Cc1cccc(C2SCC(=O)N2c2ccc(Oc3ccc(Cl)cc3)cc2)c1C. The zero-order chi connectivity index (χ0) is 19.7. The third-order valence-corrected chi connectivity index (χ3v) is 6.39. The van der Waals surface area contributed by atoms with Crippen molar-refractivity contribution in [2.75, 3.05) is 10.7 Å².